The molecule has 1 heterocycles. The second-order valence-electron chi connectivity index (χ2n) is 5.88. The minimum Gasteiger partial charge on any atom is -0.490 e. The lowest BCUT2D eigenvalue weighted by Gasteiger charge is -2.14. The van der Waals surface area contributed by atoms with Crippen LogP contribution in [-0.4, -0.2) is 46.5 Å². The number of carbonyl (C=O) groups is 2. The molecule has 27 heavy (non-hydrogen) atoms. The molecule has 8 nitrogen and oxygen atoms in total. The van der Waals surface area contributed by atoms with Crippen LogP contribution in [0.25, 0.3) is 0 Å². The van der Waals surface area contributed by atoms with Crippen LogP contribution in [0.2, 0.25) is 0 Å². The van der Waals surface area contributed by atoms with Gasteiger partial charge in [-0.2, -0.15) is 5.10 Å². The predicted molar refractivity (Wildman–Crippen MR) is 99.4 cm³/mol. The van der Waals surface area contributed by atoms with Gasteiger partial charge in [0.25, 0.3) is 0 Å². The molecule has 2 N–H and O–H groups in total. The maximum atomic E-state index is 12.3. The first kappa shape index (κ1) is 20.3. The van der Waals surface area contributed by atoms with Gasteiger partial charge in [0.1, 0.15) is 6.04 Å². The van der Waals surface area contributed by atoms with E-state index in [1.807, 2.05) is 32.0 Å². The number of aromatic nitrogens is 2. The number of amides is 1. The van der Waals surface area contributed by atoms with Gasteiger partial charge in [0.2, 0.25) is 5.91 Å². The summed E-state index contributed by atoms with van der Waals surface area (Å²) < 4.78 is 12.5. The van der Waals surface area contributed by atoms with Gasteiger partial charge in [-0.1, -0.05) is 6.07 Å². The van der Waals surface area contributed by atoms with Crippen molar-refractivity contribution >= 4 is 11.9 Å². The highest BCUT2D eigenvalue weighted by molar-refractivity contribution is 5.87. The number of benzene rings is 1. The minimum atomic E-state index is -1.07. The first-order valence-corrected chi connectivity index (χ1v) is 8.89. The molecule has 1 aromatic heterocycles. The van der Waals surface area contributed by atoms with E-state index in [0.717, 1.165) is 5.56 Å². The highest BCUT2D eigenvalue weighted by atomic mass is 16.5. The summed E-state index contributed by atoms with van der Waals surface area (Å²) in [5.74, 6) is 0.0865. The number of carbonyl (C=O) groups excluding carboxylic acids is 1. The Morgan fingerprint density at radius 3 is 2.56 bits per heavy atom. The van der Waals surface area contributed by atoms with E-state index < -0.39 is 12.0 Å². The molecule has 1 amide bonds. The minimum absolute atomic E-state index is 0.0486. The Hall–Kier alpha value is -3.03. The Morgan fingerprint density at radius 1 is 1.22 bits per heavy atom. The zero-order valence-electron chi connectivity index (χ0n) is 15.8. The van der Waals surface area contributed by atoms with Crippen molar-refractivity contribution in [1.82, 2.24) is 15.1 Å². The molecule has 0 saturated carbocycles. The smallest absolute Gasteiger partial charge is 0.338 e. The number of nitrogens with one attached hydrogen (secondary N) is 1. The number of aromatic carboxylic acids is 1. The Bertz CT molecular complexity index is 787. The van der Waals surface area contributed by atoms with Crippen LogP contribution >= 0.6 is 0 Å². The summed E-state index contributed by atoms with van der Waals surface area (Å²) in [6, 6.07) is 5.12. The third-order valence-electron chi connectivity index (χ3n) is 3.95. The summed E-state index contributed by atoms with van der Waals surface area (Å²) in [6.07, 6.45) is 3.19. The zero-order chi connectivity index (χ0) is 19.8. The maximum Gasteiger partial charge on any atom is 0.338 e. The summed E-state index contributed by atoms with van der Waals surface area (Å²) in [6.45, 7) is 7.03. The Morgan fingerprint density at radius 2 is 1.93 bits per heavy atom. The molecule has 0 aliphatic rings. The van der Waals surface area contributed by atoms with Crippen LogP contribution in [0.3, 0.4) is 0 Å². The molecule has 146 valence electrons. The highest BCUT2D eigenvalue weighted by Gasteiger charge is 2.17. The van der Waals surface area contributed by atoms with Crippen molar-refractivity contribution in [2.24, 2.45) is 0 Å². The Labute approximate surface area is 158 Å². The molecular formula is C19H25N3O5. The summed E-state index contributed by atoms with van der Waals surface area (Å²) in [7, 11) is 0. The quantitative estimate of drug-likeness (QED) is 0.661. The summed E-state index contributed by atoms with van der Waals surface area (Å²) in [5, 5.41) is 15.7. The van der Waals surface area contributed by atoms with Gasteiger partial charge in [0.05, 0.1) is 25.0 Å². The number of rotatable bonds is 10. The van der Waals surface area contributed by atoms with Gasteiger partial charge < -0.3 is 19.9 Å². The second-order valence-corrected chi connectivity index (χ2v) is 5.88. The molecule has 0 bridgehead atoms. The van der Waals surface area contributed by atoms with Gasteiger partial charge in [-0.15, -0.1) is 0 Å². The average molecular weight is 375 g/mol. The fourth-order valence-corrected chi connectivity index (χ4v) is 2.51. The zero-order valence-corrected chi connectivity index (χ0v) is 15.8. The lowest BCUT2D eigenvalue weighted by Crippen LogP contribution is -2.32. The van der Waals surface area contributed by atoms with Crippen LogP contribution in [0, 0.1) is 0 Å². The van der Waals surface area contributed by atoms with Crippen LogP contribution in [0.15, 0.2) is 30.6 Å². The van der Waals surface area contributed by atoms with Crippen molar-refractivity contribution in [3.8, 4) is 11.5 Å². The first-order valence-electron chi connectivity index (χ1n) is 8.89. The normalized spacial score (nSPS) is 11.7. The summed E-state index contributed by atoms with van der Waals surface area (Å²) in [4.78, 5) is 23.2. The molecule has 1 atom stereocenters. The molecule has 1 unspecified atom stereocenters. The van der Waals surface area contributed by atoms with Crippen LogP contribution in [-0.2, 0) is 11.2 Å². The molecule has 1 aromatic carbocycles. The molecule has 8 heteroatoms. The van der Waals surface area contributed by atoms with E-state index in [-0.39, 0.29) is 11.5 Å². The number of carboxylic acid groups (broad SMARTS) is 1. The molecule has 0 saturated heterocycles. The third-order valence-corrected chi connectivity index (χ3v) is 3.95. The number of carboxylic acids is 1. The fourth-order valence-electron chi connectivity index (χ4n) is 2.51. The highest BCUT2D eigenvalue weighted by Crippen LogP contribution is 2.28. The van der Waals surface area contributed by atoms with E-state index in [9.17, 15) is 9.59 Å². The lowest BCUT2D eigenvalue weighted by molar-refractivity contribution is -0.124. The van der Waals surface area contributed by atoms with E-state index in [1.165, 1.54) is 17.1 Å². The standard InChI is InChI=1S/C19H25N3O5/c1-4-26-16-7-6-14(10-17(16)27-5-2)8-9-20-18(23)13(3)22-12-15(11-21-22)19(24)25/h6-7,10-13H,4-5,8-9H2,1-3H3,(H,20,23)(H,24,25). The summed E-state index contributed by atoms with van der Waals surface area (Å²) >= 11 is 0. The van der Waals surface area contributed by atoms with E-state index >= 15 is 0 Å². The van der Waals surface area contributed by atoms with Crippen molar-refractivity contribution in [1.29, 1.82) is 0 Å². The van der Waals surface area contributed by atoms with Crippen molar-refractivity contribution in [2.75, 3.05) is 19.8 Å². The number of hydrogen-bond donors (Lipinski definition) is 2. The predicted octanol–water partition coefficient (Wildman–Crippen LogP) is 2.30. The average Bonchev–Trinajstić information content (AvgIpc) is 3.14. The van der Waals surface area contributed by atoms with Crippen molar-refractivity contribution < 1.29 is 24.2 Å². The molecular weight excluding hydrogens is 350 g/mol. The fraction of sp³-hybridized carbons (Fsp3) is 0.421. The Kier molecular flexibility index (Phi) is 7.22. The SMILES string of the molecule is CCOc1ccc(CCNC(=O)C(C)n2cc(C(=O)O)cn2)cc1OCC. The van der Waals surface area contributed by atoms with Gasteiger partial charge in [-0.05, 0) is 44.9 Å². The third kappa shape index (κ3) is 5.47. The van der Waals surface area contributed by atoms with Gasteiger partial charge in [0, 0.05) is 12.7 Å². The van der Waals surface area contributed by atoms with Gasteiger partial charge in [0.15, 0.2) is 11.5 Å². The van der Waals surface area contributed by atoms with E-state index in [2.05, 4.69) is 10.4 Å². The van der Waals surface area contributed by atoms with Gasteiger partial charge in [-0.3, -0.25) is 9.48 Å². The second kappa shape index (κ2) is 9.61. The monoisotopic (exact) mass is 375 g/mol. The lowest BCUT2D eigenvalue weighted by atomic mass is 10.1. The van der Waals surface area contributed by atoms with Crippen LogP contribution in [0.1, 0.15) is 42.7 Å². The number of ether oxygens (including phenoxy) is 2. The maximum absolute atomic E-state index is 12.3. The first-order chi connectivity index (χ1) is 13.0. The largest absolute Gasteiger partial charge is 0.490 e. The molecule has 0 spiro atoms. The van der Waals surface area contributed by atoms with Gasteiger partial charge in [-0.25, -0.2) is 4.79 Å². The van der Waals surface area contributed by atoms with E-state index in [1.54, 1.807) is 6.92 Å². The van der Waals surface area contributed by atoms with E-state index in [4.69, 9.17) is 14.6 Å². The van der Waals surface area contributed by atoms with Crippen LogP contribution < -0.4 is 14.8 Å². The topological polar surface area (TPSA) is 103 Å². The molecule has 0 radical (unpaired) electrons. The van der Waals surface area contributed by atoms with E-state index in [0.29, 0.717) is 37.7 Å². The molecule has 0 aliphatic carbocycles. The van der Waals surface area contributed by atoms with Crippen LogP contribution in [0.4, 0.5) is 0 Å². The van der Waals surface area contributed by atoms with Crippen LogP contribution in [0.5, 0.6) is 11.5 Å². The molecule has 0 aliphatic heterocycles. The summed E-state index contributed by atoms with van der Waals surface area (Å²) in [5.41, 5.74) is 1.06. The number of hydrogen-bond acceptors (Lipinski definition) is 5. The van der Waals surface area contributed by atoms with Gasteiger partial charge >= 0.3 is 5.97 Å². The molecule has 2 aromatic rings. The molecule has 2 rings (SSSR count). The van der Waals surface area contributed by atoms with Crippen molar-refractivity contribution in [3.63, 3.8) is 0 Å². The number of nitrogens with zero attached hydrogens (tertiary/aromatic N) is 2. The molecule has 0 fully saturated rings. The van der Waals surface area contributed by atoms with Crippen molar-refractivity contribution in [2.45, 2.75) is 33.2 Å². The Balaban J connectivity index is 1.91. The van der Waals surface area contributed by atoms with Crippen molar-refractivity contribution in [3.05, 3.63) is 41.7 Å².